The van der Waals surface area contributed by atoms with Crippen LogP contribution < -0.4 is 11.5 Å². The fraction of sp³-hybridized carbons (Fsp3) is 1.00. The SMILES string of the molecule is CC(N)CC(N)C1CCCN(C)C1. The van der Waals surface area contributed by atoms with Gasteiger partial charge in [-0.15, -0.1) is 0 Å². The molecule has 0 radical (unpaired) electrons. The summed E-state index contributed by atoms with van der Waals surface area (Å²) in [4.78, 5) is 2.37. The molecule has 78 valence electrons. The summed E-state index contributed by atoms with van der Waals surface area (Å²) in [5.74, 6) is 0.657. The van der Waals surface area contributed by atoms with Gasteiger partial charge in [-0.1, -0.05) is 0 Å². The molecule has 0 spiro atoms. The van der Waals surface area contributed by atoms with E-state index in [0.717, 1.165) is 13.0 Å². The topological polar surface area (TPSA) is 55.3 Å². The summed E-state index contributed by atoms with van der Waals surface area (Å²) < 4.78 is 0. The quantitative estimate of drug-likeness (QED) is 0.669. The van der Waals surface area contributed by atoms with Crippen LogP contribution in [0.15, 0.2) is 0 Å². The number of likely N-dealkylation sites (tertiary alicyclic amines) is 1. The van der Waals surface area contributed by atoms with Gasteiger partial charge in [0.25, 0.3) is 0 Å². The maximum atomic E-state index is 6.10. The minimum Gasteiger partial charge on any atom is -0.328 e. The third-order valence-electron chi connectivity index (χ3n) is 2.91. The molecule has 1 heterocycles. The van der Waals surface area contributed by atoms with Crippen molar-refractivity contribution in [2.45, 2.75) is 38.3 Å². The van der Waals surface area contributed by atoms with Crippen molar-refractivity contribution in [2.75, 3.05) is 20.1 Å². The minimum atomic E-state index is 0.238. The summed E-state index contributed by atoms with van der Waals surface area (Å²) in [6.45, 7) is 4.40. The van der Waals surface area contributed by atoms with Gasteiger partial charge in [-0.2, -0.15) is 0 Å². The van der Waals surface area contributed by atoms with Gasteiger partial charge in [0.15, 0.2) is 0 Å². The highest BCUT2D eigenvalue weighted by molar-refractivity contribution is 4.81. The van der Waals surface area contributed by atoms with E-state index in [1.165, 1.54) is 19.4 Å². The molecule has 1 aliphatic rings. The molecule has 0 bridgehead atoms. The molecule has 0 aliphatic carbocycles. The first-order chi connectivity index (χ1) is 6.09. The molecule has 0 aromatic heterocycles. The number of nitrogens with two attached hydrogens (primary N) is 2. The zero-order valence-corrected chi connectivity index (χ0v) is 8.87. The Morgan fingerprint density at radius 2 is 2.15 bits per heavy atom. The van der Waals surface area contributed by atoms with Crippen molar-refractivity contribution < 1.29 is 0 Å². The molecule has 4 N–H and O–H groups in total. The van der Waals surface area contributed by atoms with Gasteiger partial charge < -0.3 is 16.4 Å². The number of piperidine rings is 1. The molecular formula is C10H23N3. The van der Waals surface area contributed by atoms with E-state index in [-0.39, 0.29) is 6.04 Å². The highest BCUT2D eigenvalue weighted by Crippen LogP contribution is 2.19. The van der Waals surface area contributed by atoms with Crippen molar-refractivity contribution in [1.82, 2.24) is 4.90 Å². The maximum Gasteiger partial charge on any atom is 0.00940 e. The second kappa shape index (κ2) is 4.94. The molecule has 0 aromatic rings. The van der Waals surface area contributed by atoms with E-state index in [4.69, 9.17) is 11.5 Å². The zero-order valence-electron chi connectivity index (χ0n) is 8.87. The number of hydrogen-bond acceptors (Lipinski definition) is 3. The molecule has 0 saturated carbocycles. The van der Waals surface area contributed by atoms with E-state index >= 15 is 0 Å². The van der Waals surface area contributed by atoms with Crippen molar-refractivity contribution in [3.8, 4) is 0 Å². The zero-order chi connectivity index (χ0) is 9.84. The second-order valence-electron chi connectivity index (χ2n) is 4.54. The summed E-state index contributed by atoms with van der Waals surface area (Å²) >= 11 is 0. The first kappa shape index (κ1) is 11.0. The lowest BCUT2D eigenvalue weighted by Gasteiger charge is -2.33. The van der Waals surface area contributed by atoms with Crippen LogP contribution in [-0.2, 0) is 0 Å². The van der Waals surface area contributed by atoms with Crippen LogP contribution in [0.3, 0.4) is 0 Å². The largest absolute Gasteiger partial charge is 0.328 e. The first-order valence-corrected chi connectivity index (χ1v) is 5.29. The van der Waals surface area contributed by atoms with Crippen LogP contribution >= 0.6 is 0 Å². The molecule has 3 atom stereocenters. The summed E-state index contributed by atoms with van der Waals surface area (Å²) in [6, 6.07) is 0.532. The summed E-state index contributed by atoms with van der Waals surface area (Å²) in [7, 11) is 2.17. The van der Waals surface area contributed by atoms with Gasteiger partial charge in [-0.3, -0.25) is 0 Å². The van der Waals surface area contributed by atoms with Crippen molar-refractivity contribution in [3.05, 3.63) is 0 Å². The lowest BCUT2D eigenvalue weighted by molar-refractivity contribution is 0.181. The Hall–Kier alpha value is -0.120. The third-order valence-corrected chi connectivity index (χ3v) is 2.91. The molecule has 3 nitrogen and oxygen atoms in total. The second-order valence-corrected chi connectivity index (χ2v) is 4.54. The molecule has 1 rings (SSSR count). The summed E-state index contributed by atoms with van der Waals surface area (Å²) in [5.41, 5.74) is 11.8. The number of nitrogens with zero attached hydrogens (tertiary/aromatic N) is 1. The lowest BCUT2D eigenvalue weighted by Crippen LogP contribution is -2.44. The number of rotatable bonds is 3. The molecular weight excluding hydrogens is 162 g/mol. The fourth-order valence-electron chi connectivity index (χ4n) is 2.18. The van der Waals surface area contributed by atoms with E-state index in [9.17, 15) is 0 Å². The molecule has 0 aromatic carbocycles. The van der Waals surface area contributed by atoms with E-state index in [1.54, 1.807) is 0 Å². The highest BCUT2D eigenvalue weighted by Gasteiger charge is 2.23. The molecule has 3 unspecified atom stereocenters. The monoisotopic (exact) mass is 185 g/mol. The van der Waals surface area contributed by atoms with Gasteiger partial charge >= 0.3 is 0 Å². The van der Waals surface area contributed by atoms with Crippen LogP contribution in [0.1, 0.15) is 26.2 Å². The molecule has 3 heteroatoms. The smallest absolute Gasteiger partial charge is 0.00940 e. The third kappa shape index (κ3) is 3.63. The van der Waals surface area contributed by atoms with Crippen LogP contribution in [0.4, 0.5) is 0 Å². The van der Waals surface area contributed by atoms with E-state index < -0.39 is 0 Å². The molecule has 1 saturated heterocycles. The Morgan fingerprint density at radius 1 is 1.46 bits per heavy atom. The van der Waals surface area contributed by atoms with Gasteiger partial charge in [0.1, 0.15) is 0 Å². The maximum absolute atomic E-state index is 6.10. The predicted octanol–water partition coefficient (Wildman–Crippen LogP) is 0.393. The highest BCUT2D eigenvalue weighted by atomic mass is 15.1. The Kier molecular flexibility index (Phi) is 4.16. The summed E-state index contributed by atoms with van der Waals surface area (Å²) in [5, 5.41) is 0. The van der Waals surface area contributed by atoms with Crippen LogP contribution in [0.5, 0.6) is 0 Å². The van der Waals surface area contributed by atoms with Crippen LogP contribution in [-0.4, -0.2) is 37.1 Å². The van der Waals surface area contributed by atoms with Crippen LogP contribution in [0, 0.1) is 5.92 Å². The van der Waals surface area contributed by atoms with Crippen LogP contribution in [0.25, 0.3) is 0 Å². The van der Waals surface area contributed by atoms with Crippen molar-refractivity contribution >= 4 is 0 Å². The van der Waals surface area contributed by atoms with Crippen molar-refractivity contribution in [3.63, 3.8) is 0 Å². The molecule has 1 fully saturated rings. The van der Waals surface area contributed by atoms with Gasteiger partial charge in [0.2, 0.25) is 0 Å². The Bertz CT molecular complexity index is 147. The Labute approximate surface area is 81.5 Å². The standard InChI is InChI=1S/C10H23N3/c1-8(11)6-10(12)9-4-3-5-13(2)7-9/h8-10H,3-7,11-12H2,1-2H3. The predicted molar refractivity (Wildman–Crippen MR) is 56.5 cm³/mol. The van der Waals surface area contributed by atoms with E-state index in [1.807, 2.05) is 6.92 Å². The van der Waals surface area contributed by atoms with Gasteiger partial charge in [0, 0.05) is 18.6 Å². The van der Waals surface area contributed by atoms with Crippen molar-refractivity contribution in [2.24, 2.45) is 17.4 Å². The van der Waals surface area contributed by atoms with E-state index in [2.05, 4.69) is 11.9 Å². The normalized spacial score (nSPS) is 30.0. The lowest BCUT2D eigenvalue weighted by atomic mass is 9.88. The first-order valence-electron chi connectivity index (χ1n) is 5.29. The Balaban J connectivity index is 2.32. The van der Waals surface area contributed by atoms with Crippen molar-refractivity contribution in [1.29, 1.82) is 0 Å². The van der Waals surface area contributed by atoms with Gasteiger partial charge in [-0.05, 0) is 45.7 Å². The molecule has 13 heavy (non-hydrogen) atoms. The van der Waals surface area contributed by atoms with Crippen LogP contribution in [0.2, 0.25) is 0 Å². The number of hydrogen-bond donors (Lipinski definition) is 2. The minimum absolute atomic E-state index is 0.238. The van der Waals surface area contributed by atoms with Gasteiger partial charge in [0.05, 0.1) is 0 Å². The Morgan fingerprint density at radius 3 is 2.69 bits per heavy atom. The van der Waals surface area contributed by atoms with E-state index in [0.29, 0.717) is 12.0 Å². The molecule has 1 aliphatic heterocycles. The fourth-order valence-corrected chi connectivity index (χ4v) is 2.18. The molecule has 0 amide bonds. The average molecular weight is 185 g/mol. The average Bonchev–Trinajstić information content (AvgIpc) is 2.03. The summed E-state index contributed by atoms with van der Waals surface area (Å²) in [6.07, 6.45) is 3.52. The van der Waals surface area contributed by atoms with Gasteiger partial charge in [-0.25, -0.2) is 0 Å².